The summed E-state index contributed by atoms with van der Waals surface area (Å²) < 4.78 is 5.25. The zero-order chi connectivity index (χ0) is 18.5. The van der Waals surface area contributed by atoms with Gasteiger partial charge in [0.15, 0.2) is 0 Å². The van der Waals surface area contributed by atoms with E-state index in [9.17, 15) is 4.79 Å². The Balaban J connectivity index is 1.66. The summed E-state index contributed by atoms with van der Waals surface area (Å²) in [6.07, 6.45) is 0.897. The number of benzene rings is 3. The SMILES string of the molecule is COc1ccc(Cl)cc1C(=O)NC[C@@H](C)Cc1cccc2ccccc12. The van der Waals surface area contributed by atoms with Gasteiger partial charge in [-0.2, -0.15) is 0 Å². The average molecular weight is 368 g/mol. The number of hydrogen-bond acceptors (Lipinski definition) is 2. The smallest absolute Gasteiger partial charge is 0.255 e. The number of hydrogen-bond donors (Lipinski definition) is 1. The third-order valence-electron chi connectivity index (χ3n) is 4.47. The largest absolute Gasteiger partial charge is 0.496 e. The predicted octanol–water partition coefficient (Wildman–Crippen LogP) is 5.11. The number of methoxy groups -OCH3 is 1. The molecule has 0 aliphatic carbocycles. The number of halogens is 1. The fraction of sp³-hybridized carbons (Fsp3) is 0.227. The summed E-state index contributed by atoms with van der Waals surface area (Å²) in [6.45, 7) is 2.72. The highest BCUT2D eigenvalue weighted by atomic mass is 35.5. The van der Waals surface area contributed by atoms with Crippen molar-refractivity contribution >= 4 is 28.3 Å². The van der Waals surface area contributed by atoms with Crippen LogP contribution in [0.1, 0.15) is 22.8 Å². The second kappa shape index (κ2) is 8.24. The highest BCUT2D eigenvalue weighted by molar-refractivity contribution is 6.31. The Kier molecular flexibility index (Phi) is 5.79. The third-order valence-corrected chi connectivity index (χ3v) is 4.70. The molecule has 0 saturated heterocycles. The number of rotatable bonds is 6. The van der Waals surface area contributed by atoms with Gasteiger partial charge in [-0.25, -0.2) is 0 Å². The zero-order valence-electron chi connectivity index (χ0n) is 15.0. The van der Waals surface area contributed by atoms with Crippen molar-refractivity contribution in [1.29, 1.82) is 0 Å². The van der Waals surface area contributed by atoms with Crippen LogP contribution in [-0.4, -0.2) is 19.6 Å². The molecule has 134 valence electrons. The molecule has 26 heavy (non-hydrogen) atoms. The van der Waals surface area contributed by atoms with Crippen molar-refractivity contribution in [2.75, 3.05) is 13.7 Å². The van der Waals surface area contributed by atoms with Crippen molar-refractivity contribution in [3.05, 3.63) is 76.8 Å². The molecular formula is C22H22ClNO2. The van der Waals surface area contributed by atoms with Crippen LogP contribution in [0.15, 0.2) is 60.7 Å². The first kappa shape index (κ1) is 18.3. The first-order chi connectivity index (χ1) is 12.6. The summed E-state index contributed by atoms with van der Waals surface area (Å²) in [5.41, 5.74) is 1.75. The van der Waals surface area contributed by atoms with Crippen LogP contribution < -0.4 is 10.1 Å². The molecule has 3 aromatic rings. The monoisotopic (exact) mass is 367 g/mol. The van der Waals surface area contributed by atoms with Crippen molar-refractivity contribution in [3.63, 3.8) is 0 Å². The minimum atomic E-state index is -0.172. The van der Waals surface area contributed by atoms with Crippen molar-refractivity contribution in [3.8, 4) is 5.75 Å². The van der Waals surface area contributed by atoms with E-state index in [1.165, 1.54) is 16.3 Å². The van der Waals surface area contributed by atoms with Crippen LogP contribution in [0.2, 0.25) is 5.02 Å². The molecule has 3 rings (SSSR count). The molecule has 3 nitrogen and oxygen atoms in total. The lowest BCUT2D eigenvalue weighted by Gasteiger charge is -2.15. The molecule has 0 unspecified atom stereocenters. The molecule has 1 atom stereocenters. The van der Waals surface area contributed by atoms with Gasteiger partial charge in [-0.3, -0.25) is 4.79 Å². The molecule has 1 N–H and O–H groups in total. The molecule has 0 fully saturated rings. The van der Waals surface area contributed by atoms with Crippen LogP contribution in [0.5, 0.6) is 5.75 Å². The summed E-state index contributed by atoms with van der Waals surface area (Å²) in [5.74, 6) is 0.651. The highest BCUT2D eigenvalue weighted by Gasteiger charge is 2.14. The van der Waals surface area contributed by atoms with Gasteiger partial charge in [-0.15, -0.1) is 0 Å². The second-order valence-corrected chi connectivity index (χ2v) is 6.94. The normalized spacial score (nSPS) is 12.0. The molecule has 0 bridgehead atoms. The topological polar surface area (TPSA) is 38.3 Å². The standard InChI is InChI=1S/C22H22ClNO2/c1-15(12-17-8-5-7-16-6-3-4-9-19(16)17)14-24-22(25)20-13-18(23)10-11-21(20)26-2/h3-11,13,15H,12,14H2,1-2H3,(H,24,25)/t15-/m0/s1. The van der Waals surface area contributed by atoms with Crippen molar-refractivity contribution in [2.24, 2.45) is 5.92 Å². The van der Waals surface area contributed by atoms with Gasteiger partial charge < -0.3 is 10.1 Å². The summed E-state index contributed by atoms with van der Waals surface area (Å²) >= 11 is 6.01. The lowest BCUT2D eigenvalue weighted by Crippen LogP contribution is -2.29. The summed E-state index contributed by atoms with van der Waals surface area (Å²) in [7, 11) is 1.54. The van der Waals surface area contributed by atoms with Gasteiger partial charge >= 0.3 is 0 Å². The molecule has 0 saturated carbocycles. The Hall–Kier alpha value is -2.52. The lowest BCUT2D eigenvalue weighted by atomic mass is 9.96. The lowest BCUT2D eigenvalue weighted by molar-refractivity contribution is 0.0945. The Labute approximate surface area is 158 Å². The van der Waals surface area contributed by atoms with Crippen LogP contribution >= 0.6 is 11.6 Å². The van der Waals surface area contributed by atoms with Crippen LogP contribution in [-0.2, 0) is 6.42 Å². The van der Waals surface area contributed by atoms with E-state index >= 15 is 0 Å². The molecule has 0 aliphatic heterocycles. The van der Waals surface area contributed by atoms with E-state index < -0.39 is 0 Å². The zero-order valence-corrected chi connectivity index (χ0v) is 15.7. The molecule has 0 heterocycles. The quantitative estimate of drug-likeness (QED) is 0.657. The van der Waals surface area contributed by atoms with Gasteiger partial charge in [-0.1, -0.05) is 61.0 Å². The number of nitrogens with one attached hydrogen (secondary N) is 1. The van der Waals surface area contributed by atoms with E-state index in [-0.39, 0.29) is 5.91 Å². The minimum absolute atomic E-state index is 0.172. The first-order valence-corrected chi connectivity index (χ1v) is 9.04. The molecule has 1 amide bonds. The van der Waals surface area contributed by atoms with Gasteiger partial charge in [-0.05, 0) is 46.9 Å². The van der Waals surface area contributed by atoms with E-state index in [1.54, 1.807) is 25.3 Å². The van der Waals surface area contributed by atoms with Gasteiger partial charge in [0.2, 0.25) is 0 Å². The predicted molar refractivity (Wildman–Crippen MR) is 107 cm³/mol. The Morgan fingerprint density at radius 1 is 1.12 bits per heavy atom. The number of carbonyl (C=O) groups excluding carboxylic acids is 1. The highest BCUT2D eigenvalue weighted by Crippen LogP contribution is 2.23. The fourth-order valence-electron chi connectivity index (χ4n) is 3.14. The first-order valence-electron chi connectivity index (χ1n) is 8.67. The van der Waals surface area contributed by atoms with Crippen molar-refractivity contribution in [1.82, 2.24) is 5.32 Å². The van der Waals surface area contributed by atoms with E-state index in [4.69, 9.17) is 16.3 Å². The molecular weight excluding hydrogens is 346 g/mol. The Morgan fingerprint density at radius 2 is 1.88 bits per heavy atom. The van der Waals surface area contributed by atoms with Gasteiger partial charge in [0.1, 0.15) is 5.75 Å². The summed E-state index contributed by atoms with van der Waals surface area (Å²) in [4.78, 5) is 12.5. The number of amides is 1. The second-order valence-electron chi connectivity index (χ2n) is 6.50. The van der Waals surface area contributed by atoms with Gasteiger partial charge in [0, 0.05) is 11.6 Å². The molecule has 0 aromatic heterocycles. The van der Waals surface area contributed by atoms with E-state index in [2.05, 4.69) is 48.6 Å². The van der Waals surface area contributed by atoms with Crippen molar-refractivity contribution < 1.29 is 9.53 Å². The number of fused-ring (bicyclic) bond motifs is 1. The maximum absolute atomic E-state index is 12.5. The summed E-state index contributed by atoms with van der Waals surface area (Å²) in [5, 5.41) is 6.01. The average Bonchev–Trinajstić information content (AvgIpc) is 2.66. The maximum atomic E-state index is 12.5. The van der Waals surface area contributed by atoms with E-state index in [0.717, 1.165) is 6.42 Å². The van der Waals surface area contributed by atoms with E-state index in [0.29, 0.717) is 28.8 Å². The van der Waals surface area contributed by atoms with Crippen LogP contribution in [0.25, 0.3) is 10.8 Å². The van der Waals surface area contributed by atoms with Gasteiger partial charge in [0.25, 0.3) is 5.91 Å². The van der Waals surface area contributed by atoms with E-state index in [1.807, 2.05) is 6.07 Å². The maximum Gasteiger partial charge on any atom is 0.255 e. The minimum Gasteiger partial charge on any atom is -0.496 e. The molecule has 0 radical (unpaired) electrons. The fourth-order valence-corrected chi connectivity index (χ4v) is 3.31. The van der Waals surface area contributed by atoms with Crippen molar-refractivity contribution in [2.45, 2.75) is 13.3 Å². The van der Waals surface area contributed by atoms with Crippen LogP contribution in [0, 0.1) is 5.92 Å². The molecule has 0 spiro atoms. The molecule has 0 aliphatic rings. The molecule has 3 aromatic carbocycles. The van der Waals surface area contributed by atoms with Crippen LogP contribution in [0.4, 0.5) is 0 Å². The van der Waals surface area contributed by atoms with Gasteiger partial charge in [0.05, 0.1) is 12.7 Å². The number of carbonyl (C=O) groups is 1. The van der Waals surface area contributed by atoms with Crippen LogP contribution in [0.3, 0.4) is 0 Å². The molecule has 4 heteroatoms. The number of ether oxygens (including phenoxy) is 1. The Morgan fingerprint density at radius 3 is 2.69 bits per heavy atom. The third kappa shape index (κ3) is 4.17. The summed E-state index contributed by atoms with van der Waals surface area (Å²) in [6, 6.07) is 19.8. The Bertz CT molecular complexity index is 918.